The van der Waals surface area contributed by atoms with Gasteiger partial charge in [-0.3, -0.25) is 19.8 Å². The van der Waals surface area contributed by atoms with Gasteiger partial charge in [-0.15, -0.1) is 0 Å². The Morgan fingerprint density at radius 3 is 2.54 bits per heavy atom. The van der Waals surface area contributed by atoms with Gasteiger partial charge in [0.15, 0.2) is 17.0 Å². The molecule has 39 heavy (non-hydrogen) atoms. The molecule has 3 atom stereocenters. The predicted octanol–water partition coefficient (Wildman–Crippen LogP) is 5.34. The summed E-state index contributed by atoms with van der Waals surface area (Å²) in [5, 5.41) is 17.8. The van der Waals surface area contributed by atoms with Gasteiger partial charge in [0.1, 0.15) is 6.61 Å². The number of nitro groups is 1. The van der Waals surface area contributed by atoms with Gasteiger partial charge in [0.05, 0.1) is 12.5 Å². The van der Waals surface area contributed by atoms with Crippen molar-refractivity contribution in [3.8, 4) is 11.5 Å². The molecule has 1 saturated heterocycles. The number of rotatable bonds is 7. The van der Waals surface area contributed by atoms with Gasteiger partial charge in [-0.2, -0.15) is 0 Å². The number of likely N-dealkylation sites (tertiary alicyclic amines) is 1. The number of nitrogens with one attached hydrogen (secondary N) is 1. The molecule has 0 unspecified atom stereocenters. The van der Waals surface area contributed by atoms with E-state index in [1.807, 2.05) is 60.4 Å². The van der Waals surface area contributed by atoms with Crippen molar-refractivity contribution in [2.45, 2.75) is 31.0 Å². The summed E-state index contributed by atoms with van der Waals surface area (Å²) in [5.41, 5.74) is 1.64. The third-order valence-electron chi connectivity index (χ3n) is 7.94. The zero-order chi connectivity index (χ0) is 27.1. The van der Waals surface area contributed by atoms with E-state index < -0.39 is 17.5 Å². The molecule has 0 radical (unpaired) electrons. The van der Waals surface area contributed by atoms with Crippen molar-refractivity contribution in [2.24, 2.45) is 0 Å². The van der Waals surface area contributed by atoms with Crippen LogP contribution in [0.25, 0.3) is 10.8 Å². The lowest BCUT2D eigenvalue weighted by Crippen LogP contribution is -2.54. The highest BCUT2D eigenvalue weighted by atomic mass is 16.6. The molecular weight excluding hydrogens is 494 g/mol. The first-order valence-corrected chi connectivity index (χ1v) is 13.1. The molecule has 0 aliphatic carbocycles. The molecule has 8 heteroatoms. The summed E-state index contributed by atoms with van der Waals surface area (Å²) < 4.78 is 12.1. The highest BCUT2D eigenvalue weighted by Gasteiger charge is 2.68. The van der Waals surface area contributed by atoms with Gasteiger partial charge in [0, 0.05) is 22.7 Å². The maximum Gasteiger partial charge on any atom is 0.256 e. The first-order chi connectivity index (χ1) is 18.9. The molecule has 2 aliphatic rings. The Hall–Kier alpha value is -4.43. The van der Waals surface area contributed by atoms with Crippen molar-refractivity contribution < 1.29 is 19.2 Å². The van der Waals surface area contributed by atoms with E-state index in [0.29, 0.717) is 42.5 Å². The molecule has 8 nitrogen and oxygen atoms in total. The van der Waals surface area contributed by atoms with Crippen molar-refractivity contribution >= 4 is 22.4 Å². The molecule has 1 fully saturated rings. The molecule has 1 amide bonds. The van der Waals surface area contributed by atoms with E-state index >= 15 is 0 Å². The van der Waals surface area contributed by atoms with E-state index in [-0.39, 0.29) is 10.8 Å². The number of hydrogen-bond donors (Lipinski definition) is 1. The monoisotopic (exact) mass is 523 g/mol. The van der Waals surface area contributed by atoms with Crippen LogP contribution < -0.4 is 14.8 Å². The zero-order valence-corrected chi connectivity index (χ0v) is 21.8. The first kappa shape index (κ1) is 24.9. The molecule has 1 N–H and O–H groups in total. The van der Waals surface area contributed by atoms with Crippen LogP contribution in [0.1, 0.15) is 29.5 Å². The molecule has 1 spiro atoms. The minimum Gasteiger partial charge on any atom is -0.490 e. The fourth-order valence-electron chi connectivity index (χ4n) is 6.21. The molecule has 4 aromatic carbocycles. The molecule has 0 aromatic heterocycles. The summed E-state index contributed by atoms with van der Waals surface area (Å²) in [5.74, 6) is 0.195. The third kappa shape index (κ3) is 3.99. The number of likely N-dealkylation sites (N-methyl/N-ethyl adjacent to an activating group) is 1. The van der Waals surface area contributed by atoms with Crippen LogP contribution in [0.3, 0.4) is 0 Å². The zero-order valence-electron chi connectivity index (χ0n) is 21.8. The van der Waals surface area contributed by atoms with Crippen LogP contribution in [0.15, 0.2) is 84.9 Å². The van der Waals surface area contributed by atoms with Crippen LogP contribution in [0.4, 0.5) is 5.69 Å². The number of nitrogens with zero attached hydrogens (tertiary/aromatic N) is 2. The van der Waals surface area contributed by atoms with Crippen molar-refractivity contribution in [1.29, 1.82) is 0 Å². The van der Waals surface area contributed by atoms with Crippen LogP contribution in [0.5, 0.6) is 11.5 Å². The van der Waals surface area contributed by atoms with Crippen molar-refractivity contribution in [3.05, 3.63) is 112 Å². The molecule has 198 valence electrons. The van der Waals surface area contributed by atoms with E-state index in [9.17, 15) is 14.9 Å². The third-order valence-corrected chi connectivity index (χ3v) is 7.94. The predicted molar refractivity (Wildman–Crippen MR) is 149 cm³/mol. The average molecular weight is 524 g/mol. The Bertz CT molecular complexity index is 1590. The summed E-state index contributed by atoms with van der Waals surface area (Å²) >= 11 is 0. The highest BCUT2D eigenvalue weighted by Crippen LogP contribution is 2.52. The molecule has 0 bridgehead atoms. The van der Waals surface area contributed by atoms with E-state index in [4.69, 9.17) is 9.47 Å². The normalized spacial score (nSPS) is 22.2. The van der Waals surface area contributed by atoms with Gasteiger partial charge in [0.2, 0.25) is 0 Å². The number of amides is 1. The Balaban J connectivity index is 1.32. The second-order valence-electron chi connectivity index (χ2n) is 10.1. The summed E-state index contributed by atoms with van der Waals surface area (Å²) in [6.07, 6.45) is 0. The van der Waals surface area contributed by atoms with Gasteiger partial charge in [-0.1, -0.05) is 60.7 Å². The number of hydrogen-bond acceptors (Lipinski definition) is 6. The Kier molecular flexibility index (Phi) is 6.19. The van der Waals surface area contributed by atoms with E-state index in [1.54, 1.807) is 19.2 Å². The van der Waals surface area contributed by atoms with E-state index in [0.717, 1.165) is 16.5 Å². The Labute approximate surface area is 226 Å². The average Bonchev–Trinajstić information content (AvgIpc) is 3.42. The topological polar surface area (TPSA) is 93.9 Å². The number of ether oxygens (including phenoxy) is 2. The molecule has 4 aromatic rings. The van der Waals surface area contributed by atoms with Crippen LogP contribution in [0.2, 0.25) is 0 Å². The number of para-hydroxylation sites is 1. The number of anilines is 1. The van der Waals surface area contributed by atoms with Gasteiger partial charge in [-0.25, -0.2) is 0 Å². The molecule has 2 heterocycles. The molecule has 2 aliphatic heterocycles. The van der Waals surface area contributed by atoms with Crippen LogP contribution in [-0.2, 0) is 16.9 Å². The maximum absolute atomic E-state index is 13.4. The largest absolute Gasteiger partial charge is 0.490 e. The molecule has 6 rings (SSSR count). The van der Waals surface area contributed by atoms with Gasteiger partial charge in [-0.05, 0) is 60.1 Å². The Morgan fingerprint density at radius 2 is 1.74 bits per heavy atom. The fraction of sp³-hybridized carbons (Fsp3) is 0.258. The van der Waals surface area contributed by atoms with Crippen molar-refractivity contribution in [1.82, 2.24) is 4.90 Å². The minimum atomic E-state index is -1.39. The lowest BCUT2D eigenvalue weighted by Gasteiger charge is -2.30. The quantitative estimate of drug-likeness (QED) is 0.260. The van der Waals surface area contributed by atoms with Gasteiger partial charge < -0.3 is 14.8 Å². The van der Waals surface area contributed by atoms with Crippen LogP contribution in [-0.4, -0.2) is 42.0 Å². The highest BCUT2D eigenvalue weighted by molar-refractivity contribution is 6.06. The van der Waals surface area contributed by atoms with Crippen LogP contribution >= 0.6 is 0 Å². The molecule has 0 saturated carbocycles. The lowest BCUT2D eigenvalue weighted by molar-refractivity contribution is -0.534. The van der Waals surface area contributed by atoms with Gasteiger partial charge in [0.25, 0.3) is 11.9 Å². The summed E-state index contributed by atoms with van der Waals surface area (Å²) in [7, 11) is 1.78. The molecular formula is C31H29N3O5. The second kappa shape index (κ2) is 9.71. The van der Waals surface area contributed by atoms with Crippen molar-refractivity contribution in [2.75, 3.05) is 25.5 Å². The number of carbonyl (C=O) groups excluding carboxylic acids is 1. The van der Waals surface area contributed by atoms with E-state index in [1.165, 1.54) is 5.39 Å². The Morgan fingerprint density at radius 1 is 0.974 bits per heavy atom. The van der Waals surface area contributed by atoms with Gasteiger partial charge >= 0.3 is 0 Å². The van der Waals surface area contributed by atoms with E-state index in [2.05, 4.69) is 29.6 Å². The minimum absolute atomic E-state index is 0.305. The fourth-order valence-corrected chi connectivity index (χ4v) is 6.21. The number of fused-ring (bicyclic) bond motifs is 3. The first-order valence-electron chi connectivity index (χ1n) is 13.1. The summed E-state index contributed by atoms with van der Waals surface area (Å²) in [6.45, 7) is 3.00. The smallest absolute Gasteiger partial charge is 0.256 e. The summed E-state index contributed by atoms with van der Waals surface area (Å²) in [6, 6.07) is 25.9. The number of carbonyl (C=O) groups is 1. The SMILES string of the molecule is CCOc1cc([C@@H]2CN(C)[C@@]3(C(=O)Nc4ccccc43)[C@@H]2[N+](=O)[O-])ccc1OCc1ccc2ccccc2c1. The second-order valence-corrected chi connectivity index (χ2v) is 10.1. The standard InChI is InChI=1S/C31H29N3O5/c1-3-38-28-17-23(14-15-27(28)39-19-20-12-13-21-8-4-5-9-22(21)16-20)24-18-33(2)31(29(24)34(36)37)25-10-6-7-11-26(25)32-30(31)35/h4-17,24,29H,3,18-19H2,1-2H3,(H,32,35)/t24-,29+,31+/m0/s1. The summed E-state index contributed by atoms with van der Waals surface area (Å²) in [4.78, 5) is 27.5. The maximum atomic E-state index is 13.4. The van der Waals surface area contributed by atoms with Crippen LogP contribution in [0, 0.1) is 10.1 Å². The lowest BCUT2D eigenvalue weighted by atomic mass is 9.79. The van der Waals surface area contributed by atoms with Crippen molar-refractivity contribution in [3.63, 3.8) is 0 Å². The number of benzene rings is 4.